The molecular formula is C17H23NO3. The normalized spacial score (nSPS) is 22.1. The molecule has 4 nitrogen and oxygen atoms in total. The summed E-state index contributed by atoms with van der Waals surface area (Å²) in [6.07, 6.45) is 2.02. The van der Waals surface area contributed by atoms with Gasteiger partial charge in [0.05, 0.1) is 6.42 Å². The maximum Gasteiger partial charge on any atom is 0.326 e. The summed E-state index contributed by atoms with van der Waals surface area (Å²) in [6, 6.07) is 5.28. The van der Waals surface area contributed by atoms with Crippen LogP contribution in [-0.2, 0) is 16.0 Å². The molecule has 0 saturated carbocycles. The number of aryl methyl sites for hydroxylation is 2. The zero-order valence-corrected chi connectivity index (χ0v) is 12.9. The van der Waals surface area contributed by atoms with E-state index in [0.717, 1.165) is 24.0 Å². The number of piperidine rings is 1. The third-order valence-corrected chi connectivity index (χ3v) is 4.43. The highest BCUT2D eigenvalue weighted by molar-refractivity contribution is 5.85. The Kier molecular flexibility index (Phi) is 4.66. The monoisotopic (exact) mass is 289 g/mol. The molecule has 1 N–H and O–H groups in total. The van der Waals surface area contributed by atoms with Gasteiger partial charge in [0.25, 0.3) is 0 Å². The quantitative estimate of drug-likeness (QED) is 0.930. The minimum atomic E-state index is -0.893. The van der Waals surface area contributed by atoms with Gasteiger partial charge in [0, 0.05) is 6.54 Å². The first-order valence-corrected chi connectivity index (χ1v) is 7.48. The van der Waals surface area contributed by atoms with Gasteiger partial charge in [0.1, 0.15) is 6.04 Å². The SMILES string of the molecule is Cc1ccc(CC(=O)N2CCCC(C)C2C(=O)O)cc1C. The molecule has 1 aromatic carbocycles. The molecule has 0 aliphatic carbocycles. The van der Waals surface area contributed by atoms with E-state index >= 15 is 0 Å². The Balaban J connectivity index is 2.14. The van der Waals surface area contributed by atoms with E-state index in [0.29, 0.717) is 6.54 Å². The summed E-state index contributed by atoms with van der Waals surface area (Å²) < 4.78 is 0. The second-order valence-electron chi connectivity index (χ2n) is 6.09. The van der Waals surface area contributed by atoms with Crippen molar-refractivity contribution in [3.05, 3.63) is 34.9 Å². The Morgan fingerprint density at radius 2 is 2.00 bits per heavy atom. The smallest absolute Gasteiger partial charge is 0.326 e. The predicted octanol–water partition coefficient (Wildman–Crippen LogP) is 2.56. The van der Waals surface area contributed by atoms with Crippen LogP contribution in [0.3, 0.4) is 0 Å². The number of benzene rings is 1. The van der Waals surface area contributed by atoms with Gasteiger partial charge in [-0.25, -0.2) is 4.79 Å². The number of carboxylic acids is 1. The fraction of sp³-hybridized carbons (Fsp3) is 0.529. The first-order chi connectivity index (χ1) is 9.90. The zero-order valence-electron chi connectivity index (χ0n) is 12.9. The molecule has 2 unspecified atom stereocenters. The maximum atomic E-state index is 12.5. The van der Waals surface area contributed by atoms with Crippen LogP contribution in [0.5, 0.6) is 0 Å². The van der Waals surface area contributed by atoms with Crippen molar-refractivity contribution in [1.82, 2.24) is 4.90 Å². The lowest BCUT2D eigenvalue weighted by Gasteiger charge is -2.37. The molecular weight excluding hydrogens is 266 g/mol. The number of amides is 1. The van der Waals surface area contributed by atoms with Crippen molar-refractivity contribution in [2.45, 2.75) is 46.1 Å². The van der Waals surface area contributed by atoms with Crippen LogP contribution >= 0.6 is 0 Å². The van der Waals surface area contributed by atoms with Gasteiger partial charge < -0.3 is 10.0 Å². The number of aliphatic carboxylic acids is 1. The van der Waals surface area contributed by atoms with Crippen LogP contribution < -0.4 is 0 Å². The average Bonchev–Trinajstić information content (AvgIpc) is 2.42. The largest absolute Gasteiger partial charge is 0.480 e. The lowest BCUT2D eigenvalue weighted by Crippen LogP contribution is -2.52. The Labute approximate surface area is 125 Å². The minimum Gasteiger partial charge on any atom is -0.480 e. The van der Waals surface area contributed by atoms with Crippen molar-refractivity contribution in [2.75, 3.05) is 6.54 Å². The first-order valence-electron chi connectivity index (χ1n) is 7.48. The summed E-state index contributed by atoms with van der Waals surface area (Å²) >= 11 is 0. The van der Waals surface area contributed by atoms with Gasteiger partial charge in [-0.1, -0.05) is 25.1 Å². The number of rotatable bonds is 3. The molecule has 2 rings (SSSR count). The second-order valence-corrected chi connectivity index (χ2v) is 6.09. The number of carbonyl (C=O) groups excluding carboxylic acids is 1. The molecule has 0 bridgehead atoms. The number of carbonyl (C=O) groups is 2. The third kappa shape index (κ3) is 3.43. The van der Waals surface area contributed by atoms with Crippen LogP contribution in [0.4, 0.5) is 0 Å². The van der Waals surface area contributed by atoms with Gasteiger partial charge in [0.15, 0.2) is 0 Å². The molecule has 2 atom stereocenters. The highest BCUT2D eigenvalue weighted by Crippen LogP contribution is 2.24. The van der Waals surface area contributed by atoms with Gasteiger partial charge in [-0.05, 0) is 49.3 Å². The summed E-state index contributed by atoms with van der Waals surface area (Å²) in [5, 5.41) is 9.38. The van der Waals surface area contributed by atoms with Crippen LogP contribution in [0.25, 0.3) is 0 Å². The predicted molar refractivity (Wildman–Crippen MR) is 81.2 cm³/mol. The van der Waals surface area contributed by atoms with Gasteiger partial charge >= 0.3 is 5.97 Å². The zero-order chi connectivity index (χ0) is 15.6. The fourth-order valence-corrected chi connectivity index (χ4v) is 3.03. The van der Waals surface area contributed by atoms with Gasteiger partial charge in [-0.3, -0.25) is 4.79 Å². The van der Waals surface area contributed by atoms with Crippen molar-refractivity contribution in [3.8, 4) is 0 Å². The van der Waals surface area contributed by atoms with E-state index in [1.807, 2.05) is 39.0 Å². The van der Waals surface area contributed by atoms with Gasteiger partial charge in [0.2, 0.25) is 5.91 Å². The summed E-state index contributed by atoms with van der Waals surface area (Å²) in [5.74, 6) is -0.965. The van der Waals surface area contributed by atoms with Crippen molar-refractivity contribution in [1.29, 1.82) is 0 Å². The van der Waals surface area contributed by atoms with E-state index in [1.165, 1.54) is 5.56 Å². The Bertz CT molecular complexity index is 553. The number of nitrogens with zero attached hydrogens (tertiary/aromatic N) is 1. The molecule has 1 fully saturated rings. The molecule has 0 aromatic heterocycles. The van der Waals surface area contributed by atoms with E-state index in [2.05, 4.69) is 0 Å². The molecule has 21 heavy (non-hydrogen) atoms. The van der Waals surface area contributed by atoms with Crippen LogP contribution in [0, 0.1) is 19.8 Å². The van der Waals surface area contributed by atoms with E-state index < -0.39 is 12.0 Å². The van der Waals surface area contributed by atoms with Crippen molar-refractivity contribution < 1.29 is 14.7 Å². The molecule has 1 amide bonds. The van der Waals surface area contributed by atoms with Crippen LogP contribution in [-0.4, -0.2) is 34.5 Å². The van der Waals surface area contributed by atoms with E-state index in [1.54, 1.807) is 4.90 Å². The number of hydrogen-bond donors (Lipinski definition) is 1. The Morgan fingerprint density at radius 1 is 1.29 bits per heavy atom. The fourth-order valence-electron chi connectivity index (χ4n) is 3.03. The summed E-state index contributed by atoms with van der Waals surface area (Å²) in [5.41, 5.74) is 3.30. The van der Waals surface area contributed by atoms with Gasteiger partial charge in [-0.2, -0.15) is 0 Å². The second kappa shape index (κ2) is 6.29. The first kappa shape index (κ1) is 15.5. The van der Waals surface area contributed by atoms with E-state index in [9.17, 15) is 14.7 Å². The van der Waals surface area contributed by atoms with Crippen LogP contribution in [0.2, 0.25) is 0 Å². The number of carboxylic acid groups (broad SMARTS) is 1. The average molecular weight is 289 g/mol. The lowest BCUT2D eigenvalue weighted by atomic mass is 9.90. The van der Waals surface area contributed by atoms with Crippen LogP contribution in [0.1, 0.15) is 36.5 Å². The van der Waals surface area contributed by atoms with E-state index in [-0.39, 0.29) is 18.2 Å². The molecule has 4 heteroatoms. The van der Waals surface area contributed by atoms with Crippen molar-refractivity contribution in [2.24, 2.45) is 5.92 Å². The highest BCUT2D eigenvalue weighted by Gasteiger charge is 2.36. The summed E-state index contributed by atoms with van der Waals surface area (Å²) in [7, 11) is 0. The Morgan fingerprint density at radius 3 is 2.62 bits per heavy atom. The lowest BCUT2D eigenvalue weighted by molar-refractivity contribution is -0.154. The molecule has 1 saturated heterocycles. The number of likely N-dealkylation sites (tertiary alicyclic amines) is 1. The standard InChI is InChI=1S/C17H23NO3/c1-11-6-7-14(9-13(11)3)10-15(19)18-8-4-5-12(2)16(18)17(20)21/h6-7,9,12,16H,4-5,8,10H2,1-3H3,(H,20,21). The number of hydrogen-bond acceptors (Lipinski definition) is 2. The molecule has 114 valence electrons. The van der Waals surface area contributed by atoms with Gasteiger partial charge in [-0.15, -0.1) is 0 Å². The summed E-state index contributed by atoms with van der Waals surface area (Å²) in [4.78, 5) is 25.5. The highest BCUT2D eigenvalue weighted by atomic mass is 16.4. The van der Waals surface area contributed by atoms with Crippen LogP contribution in [0.15, 0.2) is 18.2 Å². The third-order valence-electron chi connectivity index (χ3n) is 4.43. The molecule has 0 radical (unpaired) electrons. The molecule has 1 aromatic rings. The van der Waals surface area contributed by atoms with Crippen molar-refractivity contribution in [3.63, 3.8) is 0 Å². The summed E-state index contributed by atoms with van der Waals surface area (Å²) in [6.45, 7) is 6.51. The topological polar surface area (TPSA) is 57.6 Å². The maximum absolute atomic E-state index is 12.5. The van der Waals surface area contributed by atoms with E-state index in [4.69, 9.17) is 0 Å². The minimum absolute atomic E-state index is 0.0138. The molecule has 0 spiro atoms. The molecule has 1 aliphatic rings. The molecule has 1 heterocycles. The molecule has 1 aliphatic heterocycles. The Hall–Kier alpha value is -1.84. The van der Waals surface area contributed by atoms with Crippen molar-refractivity contribution >= 4 is 11.9 Å².